The van der Waals surface area contributed by atoms with Crippen molar-refractivity contribution < 1.29 is 9.59 Å². The monoisotopic (exact) mass is 257 g/mol. The van der Waals surface area contributed by atoms with Crippen LogP contribution in [0, 0.1) is 6.92 Å². The summed E-state index contributed by atoms with van der Waals surface area (Å²) in [5, 5.41) is 3.63. The number of amides is 2. The van der Waals surface area contributed by atoms with Gasteiger partial charge in [-0.25, -0.2) is 0 Å². The Morgan fingerprint density at radius 3 is 2.63 bits per heavy atom. The van der Waals surface area contributed by atoms with Gasteiger partial charge in [-0.1, -0.05) is 0 Å². The molecular weight excluding hydrogens is 242 g/mol. The zero-order valence-corrected chi connectivity index (χ0v) is 11.0. The number of hydrogen-bond acceptors (Lipinski definition) is 2. The van der Waals surface area contributed by atoms with E-state index >= 15 is 0 Å². The zero-order chi connectivity index (χ0) is 13.9. The molecule has 5 nitrogen and oxygen atoms in total. The molecule has 98 valence electrons. The first-order valence-corrected chi connectivity index (χ1v) is 6.10. The Morgan fingerprint density at radius 1 is 1.32 bits per heavy atom. The van der Waals surface area contributed by atoms with E-state index in [9.17, 15) is 9.59 Å². The largest absolute Gasteiger partial charge is 0.366 e. The van der Waals surface area contributed by atoms with Crippen molar-refractivity contribution >= 4 is 28.4 Å². The molecule has 1 aromatic carbocycles. The normalized spacial score (nSPS) is 16.5. The molecule has 2 heterocycles. The second-order valence-corrected chi connectivity index (χ2v) is 5.51. The van der Waals surface area contributed by atoms with E-state index in [1.54, 1.807) is 0 Å². The molecule has 0 bridgehead atoms. The van der Waals surface area contributed by atoms with E-state index in [-0.39, 0.29) is 5.91 Å². The summed E-state index contributed by atoms with van der Waals surface area (Å²) in [6, 6.07) is 3.74. The summed E-state index contributed by atoms with van der Waals surface area (Å²) >= 11 is 0. The highest BCUT2D eigenvalue weighted by atomic mass is 16.2. The molecule has 0 radical (unpaired) electrons. The molecule has 0 aliphatic carbocycles. The van der Waals surface area contributed by atoms with Crippen LogP contribution >= 0.6 is 0 Å². The van der Waals surface area contributed by atoms with Gasteiger partial charge in [0.1, 0.15) is 0 Å². The maximum Gasteiger partial charge on any atom is 0.251 e. The molecule has 0 fully saturated rings. The molecule has 0 spiro atoms. The Morgan fingerprint density at radius 2 is 2.00 bits per heavy atom. The van der Waals surface area contributed by atoms with Crippen LogP contribution in [0.4, 0.5) is 5.69 Å². The zero-order valence-electron chi connectivity index (χ0n) is 11.0. The Bertz CT molecular complexity index is 741. The van der Waals surface area contributed by atoms with E-state index in [0.717, 1.165) is 27.8 Å². The van der Waals surface area contributed by atoms with E-state index in [2.05, 4.69) is 10.3 Å². The second kappa shape index (κ2) is 3.38. The van der Waals surface area contributed by atoms with Crippen LogP contribution < -0.4 is 11.1 Å². The van der Waals surface area contributed by atoms with Gasteiger partial charge in [0.25, 0.3) is 5.91 Å². The summed E-state index contributed by atoms with van der Waals surface area (Å²) in [5.41, 5.74) is 8.56. The summed E-state index contributed by atoms with van der Waals surface area (Å²) in [6.07, 6.45) is 0. The number of carbonyl (C=O) groups excluding carboxylic acids is 2. The fraction of sp³-hybridized carbons (Fsp3) is 0.286. The molecule has 5 heteroatoms. The minimum atomic E-state index is -0.594. The number of primary amides is 1. The molecule has 3 rings (SSSR count). The number of aromatic nitrogens is 1. The van der Waals surface area contributed by atoms with Crippen LogP contribution in [0.15, 0.2) is 12.1 Å². The maximum absolute atomic E-state index is 11.9. The average molecular weight is 257 g/mol. The molecule has 1 aliphatic rings. The van der Waals surface area contributed by atoms with Crippen molar-refractivity contribution in [1.29, 1.82) is 0 Å². The van der Waals surface area contributed by atoms with Gasteiger partial charge in [-0.2, -0.15) is 0 Å². The van der Waals surface area contributed by atoms with Gasteiger partial charge >= 0.3 is 0 Å². The summed E-state index contributed by atoms with van der Waals surface area (Å²) in [5.74, 6) is -0.494. The Balaban J connectivity index is 2.37. The Hall–Kier alpha value is -2.30. The SMILES string of the molecule is Cc1[nH]c2cc3c(cc2c1C(N)=O)C(C)(C)C(=O)N3. The number of aromatic amines is 1. The molecular formula is C14H15N3O2. The minimum Gasteiger partial charge on any atom is -0.366 e. The highest BCUT2D eigenvalue weighted by molar-refractivity contribution is 6.12. The van der Waals surface area contributed by atoms with Gasteiger partial charge in [-0.3, -0.25) is 9.59 Å². The first kappa shape index (κ1) is 11.8. The van der Waals surface area contributed by atoms with Crippen molar-refractivity contribution in [2.45, 2.75) is 26.2 Å². The number of fused-ring (bicyclic) bond motifs is 2. The molecule has 19 heavy (non-hydrogen) atoms. The fourth-order valence-electron chi connectivity index (χ4n) is 2.72. The first-order valence-electron chi connectivity index (χ1n) is 6.10. The van der Waals surface area contributed by atoms with Crippen LogP contribution in [-0.2, 0) is 10.2 Å². The van der Waals surface area contributed by atoms with Crippen molar-refractivity contribution in [2.24, 2.45) is 5.73 Å². The lowest BCUT2D eigenvalue weighted by atomic mass is 9.85. The summed E-state index contributed by atoms with van der Waals surface area (Å²) in [7, 11) is 0. The van der Waals surface area contributed by atoms with E-state index in [1.807, 2.05) is 32.9 Å². The lowest BCUT2D eigenvalue weighted by Crippen LogP contribution is -2.26. The molecule has 1 aliphatic heterocycles. The highest BCUT2D eigenvalue weighted by Crippen LogP contribution is 2.40. The summed E-state index contributed by atoms with van der Waals surface area (Å²) in [4.78, 5) is 26.6. The molecule has 4 N–H and O–H groups in total. The quantitative estimate of drug-likeness (QED) is 0.727. The van der Waals surface area contributed by atoms with E-state index in [1.165, 1.54) is 0 Å². The third-order valence-corrected chi connectivity index (χ3v) is 3.86. The van der Waals surface area contributed by atoms with Crippen molar-refractivity contribution in [1.82, 2.24) is 4.98 Å². The topological polar surface area (TPSA) is 88.0 Å². The predicted octanol–water partition coefficient (Wildman–Crippen LogP) is 1.80. The molecule has 0 saturated carbocycles. The van der Waals surface area contributed by atoms with Crippen LogP contribution in [0.2, 0.25) is 0 Å². The van der Waals surface area contributed by atoms with E-state index in [4.69, 9.17) is 5.73 Å². The molecule has 0 atom stereocenters. The summed E-state index contributed by atoms with van der Waals surface area (Å²) in [6.45, 7) is 5.54. The van der Waals surface area contributed by atoms with Crippen molar-refractivity contribution in [2.75, 3.05) is 5.32 Å². The first-order chi connectivity index (χ1) is 8.82. The predicted molar refractivity (Wildman–Crippen MR) is 73.2 cm³/mol. The number of nitrogens with two attached hydrogens (primary N) is 1. The van der Waals surface area contributed by atoms with Gasteiger partial charge in [0, 0.05) is 22.3 Å². The lowest BCUT2D eigenvalue weighted by Gasteiger charge is -2.14. The van der Waals surface area contributed by atoms with Crippen molar-refractivity contribution in [3.63, 3.8) is 0 Å². The maximum atomic E-state index is 11.9. The molecule has 0 saturated heterocycles. The molecule has 0 unspecified atom stereocenters. The van der Waals surface area contributed by atoms with Gasteiger partial charge in [0.2, 0.25) is 5.91 Å². The minimum absolute atomic E-state index is 0.0347. The number of aryl methyl sites for hydroxylation is 1. The van der Waals surface area contributed by atoms with Crippen LogP contribution in [0.25, 0.3) is 10.9 Å². The number of rotatable bonds is 1. The number of anilines is 1. The van der Waals surface area contributed by atoms with Gasteiger partial charge in [-0.15, -0.1) is 0 Å². The second-order valence-electron chi connectivity index (χ2n) is 5.51. The summed E-state index contributed by atoms with van der Waals surface area (Å²) < 4.78 is 0. The smallest absolute Gasteiger partial charge is 0.251 e. The standard InChI is InChI=1S/C14H15N3O2/c1-6-11(12(15)18)7-4-8-10(5-9(7)16-6)17-13(19)14(8,2)3/h4-5,16H,1-3H3,(H2,15,18)(H,17,19). The van der Waals surface area contributed by atoms with E-state index < -0.39 is 11.3 Å². The fourth-order valence-corrected chi connectivity index (χ4v) is 2.72. The number of hydrogen-bond donors (Lipinski definition) is 3. The Labute approximate surface area is 110 Å². The average Bonchev–Trinajstić information content (AvgIpc) is 2.72. The van der Waals surface area contributed by atoms with Crippen molar-refractivity contribution in [3.8, 4) is 0 Å². The number of nitrogens with one attached hydrogen (secondary N) is 2. The van der Waals surface area contributed by atoms with Crippen LogP contribution in [0.3, 0.4) is 0 Å². The third kappa shape index (κ3) is 1.41. The molecule has 2 aromatic rings. The van der Waals surface area contributed by atoms with E-state index in [0.29, 0.717) is 5.56 Å². The van der Waals surface area contributed by atoms with Crippen molar-refractivity contribution in [3.05, 3.63) is 29.0 Å². The molecule has 2 amide bonds. The highest BCUT2D eigenvalue weighted by Gasteiger charge is 2.38. The van der Waals surface area contributed by atoms with Gasteiger partial charge in [0.15, 0.2) is 0 Å². The van der Waals surface area contributed by atoms with Crippen LogP contribution in [0.5, 0.6) is 0 Å². The third-order valence-electron chi connectivity index (χ3n) is 3.86. The van der Waals surface area contributed by atoms with Crippen LogP contribution in [0.1, 0.15) is 35.5 Å². The lowest BCUT2D eigenvalue weighted by molar-refractivity contribution is -0.119. The number of benzene rings is 1. The molecule has 1 aromatic heterocycles. The number of H-pyrrole nitrogens is 1. The van der Waals surface area contributed by atoms with Gasteiger partial charge in [-0.05, 0) is 38.5 Å². The number of carbonyl (C=O) groups is 2. The van der Waals surface area contributed by atoms with Gasteiger partial charge in [0.05, 0.1) is 11.0 Å². The van der Waals surface area contributed by atoms with Crippen LogP contribution in [-0.4, -0.2) is 16.8 Å². The van der Waals surface area contributed by atoms with Gasteiger partial charge < -0.3 is 16.0 Å². The Kier molecular flexibility index (Phi) is 2.09.